The Bertz CT molecular complexity index is 426. The Hall–Kier alpha value is -1.36. The second-order valence-electron chi connectivity index (χ2n) is 3.99. The number of aryl methyl sites for hydroxylation is 2. The van der Waals surface area contributed by atoms with Crippen LogP contribution in [0.4, 0.5) is 0 Å². The quantitative estimate of drug-likeness (QED) is 0.637. The van der Waals surface area contributed by atoms with E-state index in [0.717, 1.165) is 15.3 Å². The van der Waals surface area contributed by atoms with Crippen molar-refractivity contribution in [1.82, 2.24) is 5.32 Å². The molecule has 0 bridgehead atoms. The molecule has 0 aromatic carbocycles. The van der Waals surface area contributed by atoms with E-state index in [0.29, 0.717) is 26.0 Å². The van der Waals surface area contributed by atoms with Crippen molar-refractivity contribution in [1.29, 1.82) is 0 Å². The van der Waals surface area contributed by atoms with Gasteiger partial charge in [-0.05, 0) is 33.3 Å². The average molecular weight is 269 g/mol. The topological polar surface area (TPSA) is 55.4 Å². The van der Waals surface area contributed by atoms with E-state index in [1.54, 1.807) is 18.3 Å². The molecule has 0 aliphatic rings. The van der Waals surface area contributed by atoms with Crippen LogP contribution in [0.25, 0.3) is 0 Å². The van der Waals surface area contributed by atoms with Crippen LogP contribution in [0.15, 0.2) is 6.07 Å². The highest BCUT2D eigenvalue weighted by Gasteiger charge is 2.11. The molecule has 1 aromatic rings. The highest BCUT2D eigenvalue weighted by Crippen LogP contribution is 2.20. The molecule has 0 aliphatic heterocycles. The first-order valence-corrected chi connectivity index (χ1v) is 6.87. The maximum atomic E-state index is 11.8. The van der Waals surface area contributed by atoms with Gasteiger partial charge in [0.05, 0.1) is 12.2 Å². The third-order valence-electron chi connectivity index (χ3n) is 2.43. The fourth-order valence-corrected chi connectivity index (χ4v) is 2.54. The Kier molecular flexibility index (Phi) is 5.85. The Morgan fingerprint density at radius 1 is 1.39 bits per heavy atom. The summed E-state index contributed by atoms with van der Waals surface area (Å²) in [4.78, 5) is 25.1. The van der Waals surface area contributed by atoms with Gasteiger partial charge in [-0.2, -0.15) is 0 Å². The zero-order valence-electron chi connectivity index (χ0n) is 11.0. The van der Waals surface area contributed by atoms with Crippen LogP contribution < -0.4 is 5.32 Å². The van der Waals surface area contributed by atoms with Crippen LogP contribution in [0.1, 0.15) is 39.9 Å². The Balaban J connectivity index is 2.30. The molecule has 0 saturated carbocycles. The normalized spacial score (nSPS) is 10.2. The zero-order valence-corrected chi connectivity index (χ0v) is 11.9. The summed E-state index contributed by atoms with van der Waals surface area (Å²) in [6.07, 6.45) is 0.947. The van der Waals surface area contributed by atoms with Crippen LogP contribution in [0.2, 0.25) is 0 Å². The van der Waals surface area contributed by atoms with Crippen molar-refractivity contribution in [2.45, 2.75) is 33.6 Å². The van der Waals surface area contributed by atoms with Crippen molar-refractivity contribution < 1.29 is 14.3 Å². The molecule has 1 amide bonds. The molecule has 1 heterocycles. The predicted octanol–water partition coefficient (Wildman–Crippen LogP) is 2.44. The molecule has 0 atom stereocenters. The van der Waals surface area contributed by atoms with E-state index in [9.17, 15) is 9.59 Å². The molecular formula is C13H19NO3S. The van der Waals surface area contributed by atoms with Crippen LogP contribution >= 0.6 is 11.3 Å². The predicted molar refractivity (Wildman–Crippen MR) is 72.0 cm³/mol. The number of carbonyl (C=O) groups excluding carboxylic acids is 2. The molecule has 1 N–H and O–H groups in total. The molecule has 0 aliphatic carbocycles. The van der Waals surface area contributed by atoms with Crippen LogP contribution in [-0.2, 0) is 9.53 Å². The van der Waals surface area contributed by atoms with Gasteiger partial charge in [-0.3, -0.25) is 9.59 Å². The van der Waals surface area contributed by atoms with E-state index in [2.05, 4.69) is 5.32 Å². The smallest absolute Gasteiger partial charge is 0.305 e. The molecule has 0 saturated heterocycles. The standard InChI is InChI=1S/C13H19NO3S/c1-4-17-12(15)6-5-7-14-13(16)11-8-9(2)18-10(11)3/h8H,4-7H2,1-3H3,(H,14,16). The SMILES string of the molecule is CCOC(=O)CCCNC(=O)c1cc(C)sc1C. The summed E-state index contributed by atoms with van der Waals surface area (Å²) in [5.41, 5.74) is 0.730. The minimum absolute atomic E-state index is 0.0688. The van der Waals surface area contributed by atoms with E-state index >= 15 is 0 Å². The van der Waals surface area contributed by atoms with Gasteiger partial charge in [0.2, 0.25) is 0 Å². The number of hydrogen-bond donors (Lipinski definition) is 1. The monoisotopic (exact) mass is 269 g/mol. The number of carbonyl (C=O) groups is 2. The Morgan fingerprint density at radius 3 is 2.67 bits per heavy atom. The van der Waals surface area contributed by atoms with Gasteiger partial charge in [-0.25, -0.2) is 0 Å². The molecule has 1 rings (SSSR count). The number of thiophene rings is 1. The van der Waals surface area contributed by atoms with Crippen molar-refractivity contribution in [3.63, 3.8) is 0 Å². The van der Waals surface area contributed by atoms with Gasteiger partial charge >= 0.3 is 5.97 Å². The number of nitrogens with one attached hydrogen (secondary N) is 1. The number of rotatable bonds is 6. The summed E-state index contributed by atoms with van der Waals surface area (Å²) in [5.74, 6) is -0.282. The lowest BCUT2D eigenvalue weighted by Crippen LogP contribution is -2.25. The first kappa shape index (κ1) is 14.7. The maximum absolute atomic E-state index is 11.8. The zero-order chi connectivity index (χ0) is 13.5. The molecular weight excluding hydrogens is 250 g/mol. The minimum atomic E-state index is -0.214. The molecule has 1 aromatic heterocycles. The summed E-state index contributed by atoms with van der Waals surface area (Å²) >= 11 is 1.61. The van der Waals surface area contributed by atoms with E-state index < -0.39 is 0 Å². The van der Waals surface area contributed by atoms with Crippen molar-refractivity contribution in [3.8, 4) is 0 Å². The number of amides is 1. The second kappa shape index (κ2) is 7.16. The third kappa shape index (κ3) is 4.49. The van der Waals surface area contributed by atoms with Gasteiger partial charge in [0.25, 0.3) is 5.91 Å². The molecule has 100 valence electrons. The molecule has 4 nitrogen and oxygen atoms in total. The summed E-state index contributed by atoms with van der Waals surface area (Å²) in [7, 11) is 0. The molecule has 18 heavy (non-hydrogen) atoms. The van der Waals surface area contributed by atoms with Crippen LogP contribution in [-0.4, -0.2) is 25.0 Å². The van der Waals surface area contributed by atoms with Gasteiger partial charge < -0.3 is 10.1 Å². The summed E-state index contributed by atoms with van der Waals surface area (Å²) in [6.45, 7) is 6.59. The van der Waals surface area contributed by atoms with Crippen LogP contribution in [0.5, 0.6) is 0 Å². The first-order chi connectivity index (χ1) is 8.54. The third-order valence-corrected chi connectivity index (χ3v) is 3.40. The summed E-state index contributed by atoms with van der Waals surface area (Å²) in [5, 5.41) is 2.81. The Morgan fingerprint density at radius 2 is 2.11 bits per heavy atom. The summed E-state index contributed by atoms with van der Waals surface area (Å²) in [6, 6.07) is 1.89. The van der Waals surface area contributed by atoms with Crippen LogP contribution in [0.3, 0.4) is 0 Å². The van der Waals surface area contributed by atoms with E-state index in [1.807, 2.05) is 19.9 Å². The lowest BCUT2D eigenvalue weighted by molar-refractivity contribution is -0.143. The van der Waals surface area contributed by atoms with Gasteiger partial charge in [0.1, 0.15) is 0 Å². The second-order valence-corrected chi connectivity index (χ2v) is 5.45. The van der Waals surface area contributed by atoms with Gasteiger partial charge in [0.15, 0.2) is 0 Å². The van der Waals surface area contributed by atoms with Crippen molar-refractivity contribution >= 4 is 23.2 Å². The van der Waals surface area contributed by atoms with Crippen molar-refractivity contribution in [2.24, 2.45) is 0 Å². The number of ether oxygens (including phenoxy) is 1. The molecule has 5 heteroatoms. The molecule has 0 spiro atoms. The average Bonchev–Trinajstić information content (AvgIpc) is 2.64. The van der Waals surface area contributed by atoms with Crippen molar-refractivity contribution in [2.75, 3.05) is 13.2 Å². The minimum Gasteiger partial charge on any atom is -0.466 e. The lowest BCUT2D eigenvalue weighted by atomic mass is 10.2. The highest BCUT2D eigenvalue weighted by atomic mass is 32.1. The fourth-order valence-electron chi connectivity index (χ4n) is 1.62. The highest BCUT2D eigenvalue weighted by molar-refractivity contribution is 7.12. The fraction of sp³-hybridized carbons (Fsp3) is 0.538. The van der Waals surface area contributed by atoms with Crippen molar-refractivity contribution in [3.05, 3.63) is 21.4 Å². The van der Waals surface area contributed by atoms with E-state index in [1.165, 1.54) is 0 Å². The Labute approximate surface area is 111 Å². The first-order valence-electron chi connectivity index (χ1n) is 6.05. The number of hydrogen-bond acceptors (Lipinski definition) is 4. The van der Waals surface area contributed by atoms with Gasteiger partial charge in [0, 0.05) is 22.7 Å². The maximum Gasteiger partial charge on any atom is 0.305 e. The van der Waals surface area contributed by atoms with Gasteiger partial charge in [-0.15, -0.1) is 11.3 Å². The van der Waals surface area contributed by atoms with Crippen LogP contribution in [0, 0.1) is 13.8 Å². The molecule has 0 fully saturated rings. The molecule has 0 radical (unpaired) electrons. The number of esters is 1. The van der Waals surface area contributed by atoms with E-state index in [4.69, 9.17) is 4.74 Å². The largest absolute Gasteiger partial charge is 0.466 e. The lowest BCUT2D eigenvalue weighted by Gasteiger charge is -2.04. The van der Waals surface area contributed by atoms with Gasteiger partial charge in [-0.1, -0.05) is 0 Å². The van der Waals surface area contributed by atoms with E-state index in [-0.39, 0.29) is 11.9 Å². The summed E-state index contributed by atoms with van der Waals surface area (Å²) < 4.78 is 4.81. The molecule has 0 unspecified atom stereocenters.